The summed E-state index contributed by atoms with van der Waals surface area (Å²) in [4.78, 5) is 14.8. The summed E-state index contributed by atoms with van der Waals surface area (Å²) in [6.07, 6.45) is 0.350. The number of hydrogen-bond donors (Lipinski definition) is 1. The second kappa shape index (κ2) is 3.58. The van der Waals surface area contributed by atoms with E-state index >= 15 is 0 Å². The number of nitrogens with zero attached hydrogens (tertiary/aromatic N) is 1. The molecule has 114 valence electrons. The third kappa shape index (κ3) is 1.19. The molecule has 0 spiro atoms. The third-order valence-corrected chi connectivity index (χ3v) is 5.96. The molecule has 1 N–H and O–H groups in total. The smallest absolute Gasteiger partial charge is 0.254 e. The van der Waals surface area contributed by atoms with E-state index in [1.807, 2.05) is 17.0 Å². The number of fused-ring (bicyclic) bond motifs is 5. The van der Waals surface area contributed by atoms with Crippen molar-refractivity contribution in [1.29, 1.82) is 0 Å². The first-order valence-corrected chi connectivity index (χ1v) is 7.82. The van der Waals surface area contributed by atoms with Crippen molar-refractivity contribution < 1.29 is 24.1 Å². The first-order valence-electron chi connectivity index (χ1n) is 7.82. The number of rotatable bonds is 0. The van der Waals surface area contributed by atoms with Crippen molar-refractivity contribution in [2.24, 2.45) is 5.92 Å². The van der Waals surface area contributed by atoms with Gasteiger partial charge in [-0.25, -0.2) is 0 Å². The van der Waals surface area contributed by atoms with Gasteiger partial charge in [0.1, 0.15) is 6.10 Å². The maximum Gasteiger partial charge on any atom is 0.254 e. The van der Waals surface area contributed by atoms with E-state index in [2.05, 4.69) is 0 Å². The predicted molar refractivity (Wildman–Crippen MR) is 72.9 cm³/mol. The molecule has 3 fully saturated rings. The monoisotopic (exact) mass is 301 g/mol. The van der Waals surface area contributed by atoms with Gasteiger partial charge in [0.25, 0.3) is 5.91 Å². The second-order valence-corrected chi connectivity index (χ2v) is 6.82. The van der Waals surface area contributed by atoms with E-state index in [0.29, 0.717) is 17.1 Å². The predicted octanol–water partition coefficient (Wildman–Crippen LogP) is 0.485. The number of hydrogen-bond acceptors (Lipinski definition) is 5. The van der Waals surface area contributed by atoms with Gasteiger partial charge in [0.2, 0.25) is 6.79 Å². The molecule has 6 atom stereocenters. The van der Waals surface area contributed by atoms with Crippen molar-refractivity contribution in [2.75, 3.05) is 13.3 Å². The molecule has 1 aromatic rings. The highest BCUT2D eigenvalue weighted by Crippen LogP contribution is 2.57. The summed E-state index contributed by atoms with van der Waals surface area (Å²) in [6.45, 7) is 0.920. The molecule has 1 aromatic carbocycles. The van der Waals surface area contributed by atoms with Crippen LogP contribution in [0.25, 0.3) is 0 Å². The van der Waals surface area contributed by atoms with Crippen LogP contribution in [0.1, 0.15) is 28.3 Å². The largest absolute Gasteiger partial charge is 0.454 e. The summed E-state index contributed by atoms with van der Waals surface area (Å²) >= 11 is 0. The van der Waals surface area contributed by atoms with Gasteiger partial charge in [-0.2, -0.15) is 0 Å². The van der Waals surface area contributed by atoms with Crippen molar-refractivity contribution >= 4 is 5.91 Å². The number of aliphatic hydroxyl groups is 1. The SMILES string of the molecule is O=C1c2cc3c(cc2[C@@H]2C4OC4C(O)[C@H]4CCN1[C@H]42)OCO3. The van der Waals surface area contributed by atoms with Gasteiger partial charge in [0, 0.05) is 30.0 Å². The average Bonchev–Trinajstić information content (AvgIpc) is 2.98. The Hall–Kier alpha value is -1.79. The molecule has 6 rings (SSSR count). The first kappa shape index (κ1) is 11.7. The Labute approximate surface area is 126 Å². The maximum atomic E-state index is 12.9. The highest BCUT2D eigenvalue weighted by Gasteiger charge is 2.65. The highest BCUT2D eigenvalue weighted by molar-refractivity contribution is 5.98. The summed E-state index contributed by atoms with van der Waals surface area (Å²) < 4.78 is 16.7. The fourth-order valence-electron chi connectivity index (χ4n) is 4.98. The summed E-state index contributed by atoms with van der Waals surface area (Å²) in [6, 6.07) is 3.81. The zero-order chi connectivity index (χ0) is 14.6. The molecule has 5 aliphatic rings. The van der Waals surface area contributed by atoms with Crippen LogP contribution in [-0.2, 0) is 4.74 Å². The van der Waals surface area contributed by atoms with Gasteiger partial charge < -0.3 is 24.2 Å². The average molecular weight is 301 g/mol. The van der Waals surface area contributed by atoms with Crippen LogP contribution in [0.5, 0.6) is 11.5 Å². The molecule has 1 amide bonds. The molecule has 3 unspecified atom stereocenters. The molecule has 2 saturated heterocycles. The Morgan fingerprint density at radius 2 is 2.00 bits per heavy atom. The highest BCUT2D eigenvalue weighted by atomic mass is 16.7. The quantitative estimate of drug-likeness (QED) is 0.706. The zero-order valence-electron chi connectivity index (χ0n) is 11.8. The van der Waals surface area contributed by atoms with Crippen molar-refractivity contribution in [3.8, 4) is 11.5 Å². The molecule has 1 aliphatic carbocycles. The summed E-state index contributed by atoms with van der Waals surface area (Å²) in [5.41, 5.74) is 1.71. The Bertz CT molecular complexity index is 719. The molecule has 0 bridgehead atoms. The van der Waals surface area contributed by atoms with E-state index in [4.69, 9.17) is 14.2 Å². The molecule has 4 aliphatic heterocycles. The van der Waals surface area contributed by atoms with E-state index < -0.39 is 6.10 Å². The Kier molecular flexibility index (Phi) is 1.91. The van der Waals surface area contributed by atoms with Crippen LogP contribution >= 0.6 is 0 Å². The molecule has 6 nitrogen and oxygen atoms in total. The number of benzene rings is 1. The Balaban J connectivity index is 1.57. The Morgan fingerprint density at radius 1 is 1.18 bits per heavy atom. The first-order chi connectivity index (χ1) is 10.7. The van der Waals surface area contributed by atoms with Crippen molar-refractivity contribution in [1.82, 2.24) is 4.90 Å². The van der Waals surface area contributed by atoms with Gasteiger partial charge in [0.15, 0.2) is 11.5 Å². The lowest BCUT2D eigenvalue weighted by atomic mass is 9.70. The van der Waals surface area contributed by atoms with Crippen LogP contribution in [0.15, 0.2) is 12.1 Å². The number of amides is 1. The molecular weight excluding hydrogens is 286 g/mol. The normalized spacial score (nSPS) is 42.8. The number of carbonyl (C=O) groups is 1. The molecule has 1 saturated carbocycles. The lowest BCUT2D eigenvalue weighted by Gasteiger charge is -2.43. The fourth-order valence-corrected chi connectivity index (χ4v) is 4.98. The van der Waals surface area contributed by atoms with Gasteiger partial charge >= 0.3 is 0 Å². The number of aliphatic hydroxyl groups excluding tert-OH is 1. The summed E-state index contributed by atoms with van der Waals surface area (Å²) in [5, 5.41) is 10.4. The zero-order valence-corrected chi connectivity index (χ0v) is 11.8. The Morgan fingerprint density at radius 3 is 2.86 bits per heavy atom. The van der Waals surface area contributed by atoms with Gasteiger partial charge in [-0.15, -0.1) is 0 Å². The van der Waals surface area contributed by atoms with Crippen LogP contribution in [-0.4, -0.2) is 53.6 Å². The van der Waals surface area contributed by atoms with Crippen LogP contribution in [0.4, 0.5) is 0 Å². The summed E-state index contributed by atoms with van der Waals surface area (Å²) in [7, 11) is 0. The van der Waals surface area contributed by atoms with Gasteiger partial charge in [-0.3, -0.25) is 4.79 Å². The lowest BCUT2D eigenvalue weighted by molar-refractivity contribution is 0.0335. The van der Waals surface area contributed by atoms with E-state index in [-0.39, 0.29) is 42.8 Å². The fraction of sp³-hybridized carbons (Fsp3) is 0.562. The van der Waals surface area contributed by atoms with Crippen LogP contribution in [0, 0.1) is 5.92 Å². The molecule has 6 heteroatoms. The lowest BCUT2D eigenvalue weighted by Crippen LogP contribution is -2.54. The van der Waals surface area contributed by atoms with Crippen LogP contribution in [0.3, 0.4) is 0 Å². The molecule has 0 aromatic heterocycles. The number of carbonyl (C=O) groups excluding carboxylic acids is 1. The molecular formula is C16H15NO5. The van der Waals surface area contributed by atoms with Crippen molar-refractivity contribution in [3.63, 3.8) is 0 Å². The standard InChI is InChI=1S/C16H15NO5/c18-13-6-1-2-17-12(6)11(14-15(13)22-14)7-3-9-10(21-5-20-9)4-8(7)16(17)19/h3-4,6,11-15,18H,1-2,5H2/t6-,11-,12+,13?,14?,15?/m0/s1. The van der Waals surface area contributed by atoms with Gasteiger partial charge in [0.05, 0.1) is 12.2 Å². The number of ether oxygens (including phenoxy) is 3. The van der Waals surface area contributed by atoms with E-state index in [9.17, 15) is 9.90 Å². The third-order valence-electron chi connectivity index (χ3n) is 5.96. The van der Waals surface area contributed by atoms with E-state index in [1.54, 1.807) is 0 Å². The van der Waals surface area contributed by atoms with E-state index in [0.717, 1.165) is 18.5 Å². The molecule has 22 heavy (non-hydrogen) atoms. The van der Waals surface area contributed by atoms with Gasteiger partial charge in [-0.05, 0) is 24.1 Å². The minimum absolute atomic E-state index is 0.0177. The summed E-state index contributed by atoms with van der Waals surface area (Å²) in [5.74, 6) is 1.66. The van der Waals surface area contributed by atoms with Crippen molar-refractivity contribution in [2.45, 2.75) is 36.7 Å². The van der Waals surface area contributed by atoms with Crippen LogP contribution in [0.2, 0.25) is 0 Å². The van der Waals surface area contributed by atoms with Crippen molar-refractivity contribution in [3.05, 3.63) is 23.3 Å². The topological polar surface area (TPSA) is 71.5 Å². The van der Waals surface area contributed by atoms with E-state index in [1.165, 1.54) is 0 Å². The molecule has 4 heterocycles. The minimum atomic E-state index is -0.445. The van der Waals surface area contributed by atoms with Gasteiger partial charge in [-0.1, -0.05) is 0 Å². The van der Waals surface area contributed by atoms with Crippen LogP contribution < -0.4 is 9.47 Å². The molecule has 0 radical (unpaired) electrons. The second-order valence-electron chi connectivity index (χ2n) is 6.82. The maximum absolute atomic E-state index is 12.9. The number of epoxide rings is 1. The minimum Gasteiger partial charge on any atom is -0.454 e.